The maximum Gasteiger partial charge on any atom is 0.277 e. The van der Waals surface area contributed by atoms with E-state index in [-0.39, 0.29) is 28.7 Å². The van der Waals surface area contributed by atoms with E-state index in [0.717, 1.165) is 33.1 Å². The molecule has 5 rings (SSSR count). The largest absolute Gasteiger partial charge is 0.411 e. The fraction of sp³-hybridized carbons (Fsp3) is 0.125. The molecule has 2 aromatic carbocycles. The van der Waals surface area contributed by atoms with Gasteiger partial charge in [0.25, 0.3) is 11.1 Å². The van der Waals surface area contributed by atoms with E-state index >= 15 is 0 Å². The van der Waals surface area contributed by atoms with Crippen molar-refractivity contribution in [1.29, 1.82) is 0 Å². The number of carbonyl (C=O) groups excluding carboxylic acids is 1. The fourth-order valence-electron chi connectivity index (χ4n) is 3.57. The van der Waals surface area contributed by atoms with E-state index in [1.165, 1.54) is 17.1 Å². The quantitative estimate of drug-likeness (QED) is 0.302. The van der Waals surface area contributed by atoms with E-state index in [1.54, 1.807) is 30.6 Å². The van der Waals surface area contributed by atoms with Crippen LogP contribution in [-0.4, -0.2) is 37.6 Å². The van der Waals surface area contributed by atoms with Gasteiger partial charge in [0.15, 0.2) is 0 Å². The molecule has 1 aliphatic rings. The Hall–Kier alpha value is -3.37. The van der Waals surface area contributed by atoms with Gasteiger partial charge in [-0.3, -0.25) is 9.78 Å². The van der Waals surface area contributed by atoms with E-state index in [4.69, 9.17) is 4.42 Å². The number of carbonyl (C=O) groups is 1. The predicted octanol–water partition coefficient (Wildman–Crippen LogP) is 5.50. The summed E-state index contributed by atoms with van der Waals surface area (Å²) >= 11 is 4.58. The Labute approximate surface area is 207 Å². The zero-order chi connectivity index (χ0) is 23.5. The molecular formula is C24H17BrFN5O2S. The molecule has 3 heterocycles. The Morgan fingerprint density at radius 2 is 1.88 bits per heavy atom. The molecule has 170 valence electrons. The van der Waals surface area contributed by atoms with E-state index in [1.807, 2.05) is 30.3 Å². The van der Waals surface area contributed by atoms with Gasteiger partial charge in [-0.25, -0.2) is 9.40 Å². The first-order valence-corrected chi connectivity index (χ1v) is 12.1. The Morgan fingerprint density at radius 3 is 2.62 bits per heavy atom. The van der Waals surface area contributed by atoms with Crippen LogP contribution < -0.4 is 0 Å². The number of nitrogens with zero attached hydrogens (tertiary/aromatic N) is 5. The summed E-state index contributed by atoms with van der Waals surface area (Å²) in [6.45, 7) is 0. The van der Waals surface area contributed by atoms with Gasteiger partial charge in [-0.1, -0.05) is 52.0 Å². The summed E-state index contributed by atoms with van der Waals surface area (Å²) in [5.41, 5.74) is 3.23. The number of hydrogen-bond donors (Lipinski definition) is 0. The van der Waals surface area contributed by atoms with Crippen molar-refractivity contribution in [2.45, 2.75) is 17.7 Å². The van der Waals surface area contributed by atoms with Crippen molar-refractivity contribution in [2.24, 2.45) is 5.10 Å². The van der Waals surface area contributed by atoms with Gasteiger partial charge in [-0.15, -0.1) is 10.2 Å². The minimum Gasteiger partial charge on any atom is -0.411 e. The standard InChI is InChI=1S/C24H17BrFN5O2S/c25-18-7-3-15(4-8-18)20-12-21(16-5-9-19(26)10-6-16)31(30-20)22(32)14-34-24-29-28-23(33-24)17-2-1-11-27-13-17/h1-11,13,21H,12,14H2. The molecule has 34 heavy (non-hydrogen) atoms. The zero-order valence-corrected chi connectivity index (χ0v) is 20.0. The lowest BCUT2D eigenvalue weighted by Crippen LogP contribution is -2.28. The number of pyridine rings is 1. The van der Waals surface area contributed by atoms with Crippen LogP contribution in [-0.2, 0) is 4.79 Å². The number of halogens is 2. The van der Waals surface area contributed by atoms with Crippen LogP contribution in [0.25, 0.3) is 11.5 Å². The number of benzene rings is 2. The van der Waals surface area contributed by atoms with Crippen LogP contribution in [0.5, 0.6) is 0 Å². The second-order valence-electron chi connectivity index (χ2n) is 7.47. The van der Waals surface area contributed by atoms with Gasteiger partial charge in [-0.05, 0) is 47.5 Å². The molecule has 1 atom stereocenters. The number of hydrogen-bond acceptors (Lipinski definition) is 7. The monoisotopic (exact) mass is 537 g/mol. The van der Waals surface area contributed by atoms with Crippen molar-refractivity contribution in [3.63, 3.8) is 0 Å². The van der Waals surface area contributed by atoms with E-state index in [2.05, 4.69) is 36.2 Å². The minimum atomic E-state index is -0.332. The Kier molecular flexibility index (Phi) is 6.50. The number of rotatable bonds is 6. The first-order chi connectivity index (χ1) is 16.6. The highest BCUT2D eigenvalue weighted by atomic mass is 79.9. The van der Waals surface area contributed by atoms with Gasteiger partial charge >= 0.3 is 0 Å². The molecule has 0 saturated heterocycles. The van der Waals surface area contributed by atoms with Crippen LogP contribution in [0.2, 0.25) is 0 Å². The van der Waals surface area contributed by atoms with Crippen molar-refractivity contribution >= 4 is 39.3 Å². The molecule has 2 aromatic heterocycles. The van der Waals surface area contributed by atoms with Crippen LogP contribution in [0.3, 0.4) is 0 Å². The van der Waals surface area contributed by atoms with Gasteiger partial charge < -0.3 is 4.42 Å². The molecule has 1 aliphatic heterocycles. The molecule has 0 radical (unpaired) electrons. The first-order valence-electron chi connectivity index (χ1n) is 10.3. The highest BCUT2D eigenvalue weighted by Gasteiger charge is 2.33. The molecule has 0 bridgehead atoms. The van der Waals surface area contributed by atoms with Crippen molar-refractivity contribution < 1.29 is 13.6 Å². The van der Waals surface area contributed by atoms with Crippen LogP contribution in [0.1, 0.15) is 23.6 Å². The number of hydrazone groups is 1. The van der Waals surface area contributed by atoms with Crippen molar-refractivity contribution in [1.82, 2.24) is 20.2 Å². The van der Waals surface area contributed by atoms with Gasteiger partial charge in [0.1, 0.15) is 5.82 Å². The second kappa shape index (κ2) is 9.86. The number of thioether (sulfide) groups is 1. The predicted molar refractivity (Wildman–Crippen MR) is 130 cm³/mol. The summed E-state index contributed by atoms with van der Waals surface area (Å²) in [5, 5.41) is 14.4. The third kappa shape index (κ3) is 4.92. The third-order valence-electron chi connectivity index (χ3n) is 5.23. The molecule has 0 N–H and O–H groups in total. The summed E-state index contributed by atoms with van der Waals surface area (Å²) in [4.78, 5) is 17.2. The van der Waals surface area contributed by atoms with E-state index in [9.17, 15) is 9.18 Å². The van der Waals surface area contributed by atoms with Gasteiger partial charge in [0.05, 0.1) is 23.1 Å². The summed E-state index contributed by atoms with van der Waals surface area (Å²) in [5.74, 6) is -0.148. The maximum atomic E-state index is 13.5. The molecule has 0 fully saturated rings. The fourth-order valence-corrected chi connectivity index (χ4v) is 4.45. The van der Waals surface area contributed by atoms with Crippen molar-refractivity contribution in [3.8, 4) is 11.5 Å². The molecule has 4 aromatic rings. The van der Waals surface area contributed by atoms with E-state index in [0.29, 0.717) is 17.9 Å². The summed E-state index contributed by atoms with van der Waals surface area (Å²) in [7, 11) is 0. The maximum absolute atomic E-state index is 13.5. The summed E-state index contributed by atoms with van der Waals surface area (Å²) in [6, 6.07) is 17.2. The first kappa shape index (κ1) is 22.4. The topological polar surface area (TPSA) is 84.5 Å². The van der Waals surface area contributed by atoms with Crippen LogP contribution in [0.4, 0.5) is 4.39 Å². The molecule has 7 nitrogen and oxygen atoms in total. The Balaban J connectivity index is 1.34. The normalized spacial score (nSPS) is 15.4. The number of aromatic nitrogens is 3. The van der Waals surface area contributed by atoms with Gasteiger partial charge in [-0.2, -0.15) is 5.10 Å². The highest BCUT2D eigenvalue weighted by Crippen LogP contribution is 2.34. The molecule has 0 saturated carbocycles. The van der Waals surface area contributed by atoms with Crippen molar-refractivity contribution in [2.75, 3.05) is 5.75 Å². The zero-order valence-electron chi connectivity index (χ0n) is 17.6. The van der Waals surface area contributed by atoms with Gasteiger partial charge in [0.2, 0.25) is 5.89 Å². The number of amides is 1. The van der Waals surface area contributed by atoms with E-state index < -0.39 is 0 Å². The third-order valence-corrected chi connectivity index (χ3v) is 6.56. The average molecular weight is 538 g/mol. The average Bonchev–Trinajstić information content (AvgIpc) is 3.52. The molecule has 1 unspecified atom stereocenters. The highest BCUT2D eigenvalue weighted by molar-refractivity contribution is 9.10. The minimum absolute atomic E-state index is 0.0590. The SMILES string of the molecule is O=C(CSc1nnc(-c2cccnc2)o1)N1N=C(c2ccc(Br)cc2)CC1c1ccc(F)cc1. The Morgan fingerprint density at radius 1 is 1.09 bits per heavy atom. The molecular weight excluding hydrogens is 521 g/mol. The summed E-state index contributed by atoms with van der Waals surface area (Å²) in [6.07, 6.45) is 3.81. The van der Waals surface area contributed by atoms with Crippen LogP contribution in [0, 0.1) is 5.82 Å². The second-order valence-corrected chi connectivity index (χ2v) is 9.31. The summed E-state index contributed by atoms with van der Waals surface area (Å²) < 4.78 is 20.1. The lowest BCUT2D eigenvalue weighted by atomic mass is 9.98. The van der Waals surface area contributed by atoms with Crippen LogP contribution in [0.15, 0.2) is 92.3 Å². The Bertz CT molecular complexity index is 1330. The van der Waals surface area contributed by atoms with Crippen molar-refractivity contribution in [3.05, 3.63) is 94.5 Å². The molecule has 0 spiro atoms. The van der Waals surface area contributed by atoms with Crippen LogP contribution >= 0.6 is 27.7 Å². The molecule has 0 aliphatic carbocycles. The lowest BCUT2D eigenvalue weighted by molar-refractivity contribution is -0.130. The molecule has 10 heteroatoms. The lowest BCUT2D eigenvalue weighted by Gasteiger charge is -2.21. The smallest absolute Gasteiger partial charge is 0.277 e. The van der Waals surface area contributed by atoms with Gasteiger partial charge in [0, 0.05) is 23.3 Å². The molecule has 1 amide bonds.